The normalized spacial score (nSPS) is 22.5. The molecule has 6 nitrogen and oxygen atoms in total. The number of rotatable bonds is 4. The zero-order chi connectivity index (χ0) is 20.0. The molecule has 6 rings (SSSR count). The molecule has 0 aliphatic carbocycles. The van der Waals surface area contributed by atoms with Crippen LogP contribution in [0.15, 0.2) is 40.8 Å². The number of fused-ring (bicyclic) bond motifs is 4. The minimum absolute atomic E-state index is 0. The summed E-state index contributed by atoms with van der Waals surface area (Å²) in [6, 6.07) is 9.87. The van der Waals surface area contributed by atoms with E-state index >= 15 is 0 Å². The number of nitrogens with zero attached hydrogens (tertiary/aromatic N) is 2. The van der Waals surface area contributed by atoms with E-state index < -0.39 is 5.82 Å². The Labute approximate surface area is 179 Å². The molecule has 0 spiro atoms. The summed E-state index contributed by atoms with van der Waals surface area (Å²) in [4.78, 5) is 19.9. The number of para-hydroxylation sites is 1. The van der Waals surface area contributed by atoms with Crippen molar-refractivity contribution in [2.75, 3.05) is 26.7 Å². The smallest absolute Gasteiger partial charge is 0.253 e. The van der Waals surface area contributed by atoms with Gasteiger partial charge in [0.25, 0.3) is 5.91 Å². The summed E-state index contributed by atoms with van der Waals surface area (Å²) in [5.74, 6) is 0.527. The van der Waals surface area contributed by atoms with Gasteiger partial charge in [0.05, 0.1) is 18.2 Å². The molecule has 158 valence electrons. The molecular weight excluding hydrogens is 409 g/mol. The van der Waals surface area contributed by atoms with Crippen molar-refractivity contribution in [1.29, 1.82) is 0 Å². The van der Waals surface area contributed by atoms with E-state index in [1.54, 1.807) is 13.2 Å². The van der Waals surface area contributed by atoms with Gasteiger partial charge in [0.2, 0.25) is 5.89 Å². The van der Waals surface area contributed by atoms with E-state index in [1.807, 2.05) is 18.2 Å². The fourth-order valence-electron chi connectivity index (χ4n) is 4.48. The summed E-state index contributed by atoms with van der Waals surface area (Å²) in [7, 11) is 1.56. The minimum atomic E-state index is -0.528. The molecular formula is C22H23ClFN3O3. The van der Waals surface area contributed by atoms with Crippen molar-refractivity contribution in [1.82, 2.24) is 15.2 Å². The molecule has 30 heavy (non-hydrogen) atoms. The summed E-state index contributed by atoms with van der Waals surface area (Å²) in [5.41, 5.74) is 1.44. The first-order valence-electron chi connectivity index (χ1n) is 9.89. The summed E-state index contributed by atoms with van der Waals surface area (Å²) in [6.07, 6.45) is 2.18. The van der Waals surface area contributed by atoms with E-state index in [0.29, 0.717) is 28.6 Å². The Kier molecular flexibility index (Phi) is 5.66. The van der Waals surface area contributed by atoms with Crippen LogP contribution < -0.4 is 10.1 Å². The molecule has 0 radical (unpaired) electrons. The molecule has 2 bridgehead atoms. The second kappa shape index (κ2) is 8.24. The summed E-state index contributed by atoms with van der Waals surface area (Å²) in [6.45, 7) is 3.03. The highest BCUT2D eigenvalue weighted by Gasteiger charge is 2.35. The van der Waals surface area contributed by atoms with Gasteiger partial charge < -0.3 is 19.4 Å². The molecule has 0 saturated carbocycles. The maximum Gasteiger partial charge on any atom is 0.253 e. The van der Waals surface area contributed by atoms with Crippen molar-refractivity contribution in [2.45, 2.75) is 18.9 Å². The molecule has 3 saturated heterocycles. The summed E-state index contributed by atoms with van der Waals surface area (Å²) < 4.78 is 25.4. The van der Waals surface area contributed by atoms with E-state index in [4.69, 9.17) is 9.15 Å². The van der Waals surface area contributed by atoms with Gasteiger partial charge in [-0.05, 0) is 50.0 Å². The first kappa shape index (κ1) is 20.6. The highest BCUT2D eigenvalue weighted by atomic mass is 35.5. The lowest BCUT2D eigenvalue weighted by Gasteiger charge is -2.44. The fraction of sp³-hybridized carbons (Fsp3) is 0.364. The van der Waals surface area contributed by atoms with E-state index in [1.165, 1.54) is 12.1 Å². The topological polar surface area (TPSA) is 67.6 Å². The Balaban J connectivity index is 0.00000218. The van der Waals surface area contributed by atoms with Gasteiger partial charge in [-0.1, -0.05) is 12.1 Å². The molecule has 4 heterocycles. The average Bonchev–Trinajstić information content (AvgIpc) is 3.17. The summed E-state index contributed by atoms with van der Waals surface area (Å²) in [5, 5.41) is 3.10. The van der Waals surface area contributed by atoms with Crippen molar-refractivity contribution in [3.05, 3.63) is 47.8 Å². The Morgan fingerprint density at radius 1 is 1.27 bits per heavy atom. The Bertz CT molecular complexity index is 1080. The van der Waals surface area contributed by atoms with Crippen LogP contribution in [0.5, 0.6) is 5.75 Å². The van der Waals surface area contributed by atoms with Crippen LogP contribution in [-0.2, 0) is 0 Å². The molecule has 2 aromatic carbocycles. The van der Waals surface area contributed by atoms with Crippen molar-refractivity contribution >= 4 is 29.4 Å². The van der Waals surface area contributed by atoms with Gasteiger partial charge in [0.15, 0.2) is 5.58 Å². The predicted molar refractivity (Wildman–Crippen MR) is 114 cm³/mol. The first-order chi connectivity index (χ1) is 14.1. The lowest BCUT2D eigenvalue weighted by atomic mass is 9.84. The van der Waals surface area contributed by atoms with Gasteiger partial charge >= 0.3 is 0 Å². The quantitative estimate of drug-likeness (QED) is 0.678. The van der Waals surface area contributed by atoms with Gasteiger partial charge in [-0.2, -0.15) is 0 Å². The Hall–Kier alpha value is -2.64. The SMILES string of the molecule is COc1ccccc1-c1nc2c(C(=O)N[C@@H]3CN4CCC3CC4)cc(F)cc2o1.Cl. The molecule has 3 aliphatic rings. The van der Waals surface area contributed by atoms with Crippen LogP contribution in [0.25, 0.3) is 22.6 Å². The van der Waals surface area contributed by atoms with E-state index in [9.17, 15) is 9.18 Å². The number of hydrogen-bond donors (Lipinski definition) is 1. The standard InChI is InChI=1S/C22H22FN3O3.ClH/c1-28-18-5-3-2-4-15(18)22-25-20-16(10-14(23)11-19(20)29-22)21(27)24-17-12-26-8-6-13(17)7-9-26;/h2-5,10-11,13,17H,6-9,12H2,1H3,(H,24,27);1H/t17-;/m1./s1. The van der Waals surface area contributed by atoms with Gasteiger partial charge in [-0.25, -0.2) is 9.37 Å². The highest BCUT2D eigenvalue weighted by Crippen LogP contribution is 2.33. The zero-order valence-electron chi connectivity index (χ0n) is 16.6. The molecule has 1 aromatic heterocycles. The van der Waals surface area contributed by atoms with Crippen LogP contribution in [0, 0.1) is 11.7 Å². The lowest BCUT2D eigenvalue weighted by Crippen LogP contribution is -2.57. The second-order valence-electron chi connectivity index (χ2n) is 7.74. The van der Waals surface area contributed by atoms with Crippen molar-refractivity contribution in [3.63, 3.8) is 0 Å². The molecule has 8 heteroatoms. The van der Waals surface area contributed by atoms with Crippen molar-refractivity contribution in [3.8, 4) is 17.2 Å². The number of methoxy groups -OCH3 is 1. The fourth-order valence-corrected chi connectivity index (χ4v) is 4.48. The average molecular weight is 432 g/mol. The molecule has 3 aliphatic heterocycles. The van der Waals surface area contributed by atoms with Crippen LogP contribution >= 0.6 is 12.4 Å². The van der Waals surface area contributed by atoms with E-state index in [0.717, 1.165) is 32.5 Å². The third kappa shape index (κ3) is 3.63. The number of amides is 1. The van der Waals surface area contributed by atoms with Gasteiger partial charge in [0.1, 0.15) is 17.1 Å². The monoisotopic (exact) mass is 431 g/mol. The number of hydrogen-bond acceptors (Lipinski definition) is 5. The number of aromatic nitrogens is 1. The number of carbonyl (C=O) groups is 1. The number of piperidine rings is 3. The zero-order valence-corrected chi connectivity index (χ0v) is 17.4. The van der Waals surface area contributed by atoms with Crippen LogP contribution in [0.3, 0.4) is 0 Å². The molecule has 3 fully saturated rings. The number of nitrogens with one attached hydrogen (secondary N) is 1. The second-order valence-corrected chi connectivity index (χ2v) is 7.74. The van der Waals surface area contributed by atoms with E-state index in [2.05, 4.69) is 15.2 Å². The molecule has 3 aromatic rings. The molecule has 1 amide bonds. The first-order valence-corrected chi connectivity index (χ1v) is 9.89. The largest absolute Gasteiger partial charge is 0.496 e. The van der Waals surface area contributed by atoms with Gasteiger partial charge in [0, 0.05) is 18.7 Å². The molecule has 1 N–H and O–H groups in total. The maximum atomic E-state index is 14.2. The van der Waals surface area contributed by atoms with Gasteiger partial charge in [-0.15, -0.1) is 12.4 Å². The predicted octanol–water partition coefficient (Wildman–Crippen LogP) is 3.89. The van der Waals surface area contributed by atoms with E-state index in [-0.39, 0.29) is 35.5 Å². The number of halogens is 2. The van der Waals surface area contributed by atoms with Crippen molar-refractivity contribution in [2.24, 2.45) is 5.92 Å². The van der Waals surface area contributed by atoms with Crippen LogP contribution in [0.2, 0.25) is 0 Å². The number of ether oxygens (including phenoxy) is 1. The van der Waals surface area contributed by atoms with Crippen LogP contribution in [0.1, 0.15) is 23.2 Å². The number of oxazole rings is 1. The Morgan fingerprint density at radius 2 is 2.03 bits per heavy atom. The van der Waals surface area contributed by atoms with Crippen molar-refractivity contribution < 1.29 is 18.3 Å². The minimum Gasteiger partial charge on any atom is -0.496 e. The third-order valence-corrected chi connectivity index (χ3v) is 6.01. The van der Waals surface area contributed by atoms with Crippen LogP contribution in [0.4, 0.5) is 4.39 Å². The summed E-state index contributed by atoms with van der Waals surface area (Å²) >= 11 is 0. The lowest BCUT2D eigenvalue weighted by molar-refractivity contribution is 0.0621. The van der Waals surface area contributed by atoms with Gasteiger partial charge in [-0.3, -0.25) is 4.79 Å². The maximum absolute atomic E-state index is 14.2. The number of benzene rings is 2. The Morgan fingerprint density at radius 3 is 2.73 bits per heavy atom. The highest BCUT2D eigenvalue weighted by molar-refractivity contribution is 6.05. The third-order valence-electron chi connectivity index (χ3n) is 6.01. The molecule has 0 unspecified atom stereocenters. The number of carbonyl (C=O) groups excluding carboxylic acids is 1. The van der Waals surface area contributed by atoms with Crippen LogP contribution in [-0.4, -0.2) is 48.6 Å². The molecule has 1 atom stereocenters.